The highest BCUT2D eigenvalue weighted by atomic mass is 35.5. The first-order valence-corrected chi connectivity index (χ1v) is 12.3. The van der Waals surface area contributed by atoms with Crippen molar-refractivity contribution in [1.29, 1.82) is 0 Å². The summed E-state index contributed by atoms with van der Waals surface area (Å²) < 4.78 is 8.23. The van der Waals surface area contributed by atoms with Gasteiger partial charge in [-0.05, 0) is 24.1 Å². The van der Waals surface area contributed by atoms with E-state index >= 15 is 0 Å². The average molecular weight is 488 g/mol. The van der Waals surface area contributed by atoms with Crippen LogP contribution in [0.4, 0.5) is 0 Å². The van der Waals surface area contributed by atoms with Gasteiger partial charge in [-0.15, -0.1) is 11.3 Å². The molecule has 0 fully saturated rings. The van der Waals surface area contributed by atoms with E-state index in [2.05, 4.69) is 5.32 Å². The maximum atomic E-state index is 13.5. The molecular formula is C23H22ClN3O3S2. The van der Waals surface area contributed by atoms with E-state index in [0.29, 0.717) is 33.5 Å². The number of ether oxygens (including phenoxy) is 1. The molecule has 0 radical (unpaired) electrons. The number of carbonyl (C=O) groups excluding carboxylic acids is 1. The van der Waals surface area contributed by atoms with Crippen LogP contribution in [-0.2, 0) is 16.1 Å². The number of thiophene rings is 1. The molecule has 4 rings (SSSR count). The van der Waals surface area contributed by atoms with E-state index < -0.39 is 0 Å². The summed E-state index contributed by atoms with van der Waals surface area (Å²) in [5.41, 5.74) is 1.37. The van der Waals surface area contributed by atoms with Crippen molar-refractivity contribution in [2.45, 2.75) is 18.1 Å². The number of nitrogens with one attached hydrogen (secondary N) is 1. The monoisotopic (exact) mass is 487 g/mol. The van der Waals surface area contributed by atoms with Gasteiger partial charge in [0.05, 0.1) is 17.8 Å². The molecule has 0 aliphatic rings. The van der Waals surface area contributed by atoms with Crippen molar-refractivity contribution in [2.75, 3.05) is 26.0 Å². The average Bonchev–Trinajstić information content (AvgIpc) is 3.17. The third-order valence-corrected chi connectivity index (χ3v) is 7.41. The lowest BCUT2D eigenvalue weighted by Crippen LogP contribution is -2.28. The summed E-state index contributed by atoms with van der Waals surface area (Å²) >= 11 is 9.05. The Bertz CT molecular complexity index is 1320. The number of methoxy groups -OCH3 is 1. The molecule has 0 unspecified atom stereocenters. The van der Waals surface area contributed by atoms with E-state index in [4.69, 9.17) is 21.3 Å². The highest BCUT2D eigenvalue weighted by Crippen LogP contribution is 2.32. The summed E-state index contributed by atoms with van der Waals surface area (Å²) in [5, 5.41) is 4.90. The van der Waals surface area contributed by atoms with Crippen LogP contribution < -0.4 is 10.9 Å². The van der Waals surface area contributed by atoms with Gasteiger partial charge in [0, 0.05) is 35.4 Å². The molecule has 9 heteroatoms. The van der Waals surface area contributed by atoms with Gasteiger partial charge < -0.3 is 10.1 Å². The third-order valence-electron chi connectivity index (χ3n) is 4.91. The first-order chi connectivity index (χ1) is 15.6. The lowest BCUT2D eigenvalue weighted by Gasteiger charge is -2.13. The van der Waals surface area contributed by atoms with Gasteiger partial charge in [-0.25, -0.2) is 4.98 Å². The van der Waals surface area contributed by atoms with Gasteiger partial charge in [0.25, 0.3) is 5.56 Å². The minimum absolute atomic E-state index is 0.111. The summed E-state index contributed by atoms with van der Waals surface area (Å²) in [5.74, 6) is 0.0510. The number of thioether (sulfide) groups is 1. The van der Waals surface area contributed by atoms with Gasteiger partial charge in [-0.3, -0.25) is 14.2 Å². The Balaban J connectivity index is 1.69. The number of benzene rings is 2. The van der Waals surface area contributed by atoms with Crippen molar-refractivity contribution in [3.05, 3.63) is 69.5 Å². The highest BCUT2D eigenvalue weighted by molar-refractivity contribution is 7.99. The molecule has 0 saturated heterocycles. The number of rotatable bonds is 9. The van der Waals surface area contributed by atoms with Crippen LogP contribution >= 0.6 is 34.7 Å². The van der Waals surface area contributed by atoms with Crippen molar-refractivity contribution in [3.8, 4) is 0 Å². The molecule has 2 aromatic heterocycles. The second-order valence-electron chi connectivity index (χ2n) is 7.14. The number of nitrogens with zero attached hydrogens (tertiary/aromatic N) is 2. The molecule has 0 atom stereocenters. The zero-order valence-corrected chi connectivity index (χ0v) is 19.9. The molecule has 2 aromatic carbocycles. The maximum Gasteiger partial charge on any atom is 0.272 e. The van der Waals surface area contributed by atoms with Crippen LogP contribution in [0.3, 0.4) is 0 Å². The summed E-state index contributed by atoms with van der Waals surface area (Å²) in [4.78, 5) is 30.6. The van der Waals surface area contributed by atoms with Crippen LogP contribution in [0.2, 0.25) is 5.02 Å². The highest BCUT2D eigenvalue weighted by Gasteiger charge is 2.18. The van der Waals surface area contributed by atoms with Crippen molar-refractivity contribution in [3.63, 3.8) is 0 Å². The molecule has 1 N–H and O–H groups in total. The van der Waals surface area contributed by atoms with E-state index in [1.54, 1.807) is 17.7 Å². The Morgan fingerprint density at radius 2 is 2.00 bits per heavy atom. The standard InChI is InChI=1S/C23H22ClN3O3S2/c1-30-12-6-11-25-19(28)14-31-23-26-20-16-8-3-5-10-18(16)32-21(20)22(29)27(23)13-15-7-2-4-9-17(15)24/h2-5,7-10H,6,11-14H2,1H3,(H,25,28). The zero-order valence-electron chi connectivity index (χ0n) is 17.5. The molecule has 0 aliphatic carbocycles. The van der Waals surface area contributed by atoms with Crippen LogP contribution in [-0.4, -0.2) is 41.5 Å². The fraction of sp³-hybridized carbons (Fsp3) is 0.261. The predicted octanol–water partition coefficient (Wildman–Crippen LogP) is 4.56. The van der Waals surface area contributed by atoms with Crippen molar-refractivity contribution in [2.24, 2.45) is 0 Å². The van der Waals surface area contributed by atoms with Gasteiger partial charge in [-0.2, -0.15) is 0 Å². The lowest BCUT2D eigenvalue weighted by atomic mass is 10.2. The van der Waals surface area contributed by atoms with Gasteiger partial charge in [0.1, 0.15) is 4.70 Å². The Labute approximate surface area is 198 Å². The fourth-order valence-corrected chi connectivity index (χ4v) is 5.43. The number of hydrogen-bond acceptors (Lipinski definition) is 6. The molecule has 166 valence electrons. The van der Waals surface area contributed by atoms with Crippen LogP contribution in [0.5, 0.6) is 0 Å². The third kappa shape index (κ3) is 4.99. The molecule has 0 aliphatic heterocycles. The number of carbonyl (C=O) groups is 1. The molecule has 2 heterocycles. The van der Waals surface area contributed by atoms with Crippen LogP contribution in [0, 0.1) is 0 Å². The second-order valence-corrected chi connectivity index (χ2v) is 9.54. The fourth-order valence-electron chi connectivity index (χ4n) is 3.33. The van der Waals surface area contributed by atoms with Gasteiger partial charge in [0.15, 0.2) is 5.16 Å². The predicted molar refractivity (Wildman–Crippen MR) is 132 cm³/mol. The smallest absolute Gasteiger partial charge is 0.272 e. The van der Waals surface area contributed by atoms with Gasteiger partial charge in [-0.1, -0.05) is 59.8 Å². The van der Waals surface area contributed by atoms with Gasteiger partial charge >= 0.3 is 0 Å². The molecule has 0 bridgehead atoms. The minimum Gasteiger partial charge on any atom is -0.385 e. The topological polar surface area (TPSA) is 73.2 Å². The molecule has 6 nitrogen and oxygen atoms in total. The summed E-state index contributed by atoms with van der Waals surface area (Å²) in [6.07, 6.45) is 0.745. The zero-order chi connectivity index (χ0) is 22.5. The van der Waals surface area contributed by atoms with Crippen molar-refractivity contribution >= 4 is 60.9 Å². The van der Waals surface area contributed by atoms with Gasteiger partial charge in [0.2, 0.25) is 5.91 Å². The van der Waals surface area contributed by atoms with Crippen LogP contribution in [0.25, 0.3) is 20.3 Å². The first kappa shape index (κ1) is 22.8. The normalized spacial score (nSPS) is 11.3. The van der Waals surface area contributed by atoms with Crippen LogP contribution in [0.15, 0.2) is 58.5 Å². The van der Waals surface area contributed by atoms with E-state index in [-0.39, 0.29) is 23.8 Å². The molecule has 4 aromatic rings. The minimum atomic E-state index is -0.126. The SMILES string of the molecule is COCCCNC(=O)CSc1nc2c(sc3ccccc32)c(=O)n1Cc1ccccc1Cl. The summed E-state index contributed by atoms with van der Waals surface area (Å²) in [6.45, 7) is 1.42. The first-order valence-electron chi connectivity index (χ1n) is 10.1. The Morgan fingerprint density at radius 3 is 2.81 bits per heavy atom. The second kappa shape index (κ2) is 10.5. The van der Waals surface area contributed by atoms with E-state index in [0.717, 1.165) is 22.1 Å². The van der Waals surface area contributed by atoms with E-state index in [1.807, 2.05) is 42.5 Å². The van der Waals surface area contributed by atoms with Crippen molar-refractivity contribution in [1.82, 2.24) is 14.9 Å². The molecule has 1 amide bonds. The quantitative estimate of drug-likeness (QED) is 0.213. The van der Waals surface area contributed by atoms with Crippen LogP contribution in [0.1, 0.15) is 12.0 Å². The lowest BCUT2D eigenvalue weighted by molar-refractivity contribution is -0.118. The molecule has 0 saturated carbocycles. The number of aromatic nitrogens is 2. The van der Waals surface area contributed by atoms with E-state index in [1.165, 1.54) is 23.1 Å². The molecular weight excluding hydrogens is 466 g/mol. The number of halogens is 1. The number of hydrogen-bond donors (Lipinski definition) is 1. The maximum absolute atomic E-state index is 13.5. The number of amides is 1. The summed E-state index contributed by atoms with van der Waals surface area (Å²) in [7, 11) is 1.63. The van der Waals surface area contributed by atoms with E-state index in [9.17, 15) is 9.59 Å². The summed E-state index contributed by atoms with van der Waals surface area (Å²) in [6, 6.07) is 15.3. The number of fused-ring (bicyclic) bond motifs is 3. The Kier molecular flexibility index (Phi) is 7.47. The Hall–Kier alpha value is -2.39. The Morgan fingerprint density at radius 1 is 1.22 bits per heavy atom. The largest absolute Gasteiger partial charge is 0.385 e. The molecule has 0 spiro atoms. The van der Waals surface area contributed by atoms with Crippen molar-refractivity contribution < 1.29 is 9.53 Å². The molecule has 32 heavy (non-hydrogen) atoms.